The van der Waals surface area contributed by atoms with Crippen molar-refractivity contribution in [1.82, 2.24) is 10.3 Å². The molecule has 1 saturated heterocycles. The number of nitrogens with zero attached hydrogens (tertiary/aromatic N) is 1. The molecule has 1 aromatic heterocycles. The summed E-state index contributed by atoms with van der Waals surface area (Å²) in [5.41, 5.74) is 2.04. The highest BCUT2D eigenvalue weighted by Gasteiger charge is 2.39. The molecule has 0 spiro atoms. The molecule has 1 unspecified atom stereocenters. The van der Waals surface area contributed by atoms with Crippen molar-refractivity contribution in [3.05, 3.63) is 54.0 Å². The van der Waals surface area contributed by atoms with E-state index in [1.165, 1.54) is 12.1 Å². The number of carbonyl (C=O) groups excluding carboxylic acids is 1. The molecule has 2 aromatic rings. The van der Waals surface area contributed by atoms with Gasteiger partial charge in [-0.25, -0.2) is 4.39 Å². The van der Waals surface area contributed by atoms with Crippen LogP contribution in [0.5, 0.6) is 0 Å². The topological polar surface area (TPSA) is 42.0 Å². The molecule has 102 valence electrons. The molecule has 0 saturated carbocycles. The zero-order valence-electron chi connectivity index (χ0n) is 11.2. The summed E-state index contributed by atoms with van der Waals surface area (Å²) >= 11 is 0. The van der Waals surface area contributed by atoms with E-state index in [0.29, 0.717) is 6.54 Å². The minimum absolute atomic E-state index is 0.0498. The molecule has 1 N–H and O–H groups in total. The van der Waals surface area contributed by atoms with Gasteiger partial charge < -0.3 is 5.32 Å². The van der Waals surface area contributed by atoms with Gasteiger partial charge in [-0.15, -0.1) is 0 Å². The fourth-order valence-corrected chi connectivity index (χ4v) is 2.56. The number of rotatable bonds is 2. The molecular formula is C16H15FN2O. The monoisotopic (exact) mass is 270 g/mol. The standard InChI is InChI=1S/C16H15FN2O/c1-16(7-9-19-15(16)20)12-6-8-18-14(10-12)11-2-4-13(17)5-3-11/h2-6,8,10H,7,9H2,1H3,(H,19,20). The zero-order chi connectivity index (χ0) is 14.2. The number of hydrogen-bond donors (Lipinski definition) is 1. The first-order valence-electron chi connectivity index (χ1n) is 6.60. The first-order valence-corrected chi connectivity index (χ1v) is 6.60. The molecule has 0 aliphatic carbocycles. The normalized spacial score (nSPS) is 21.8. The van der Waals surface area contributed by atoms with Crippen molar-refractivity contribution in [1.29, 1.82) is 0 Å². The van der Waals surface area contributed by atoms with Crippen molar-refractivity contribution < 1.29 is 9.18 Å². The number of amides is 1. The van der Waals surface area contributed by atoms with E-state index < -0.39 is 5.41 Å². The maximum Gasteiger partial charge on any atom is 0.230 e. The van der Waals surface area contributed by atoms with E-state index in [9.17, 15) is 9.18 Å². The highest BCUT2D eigenvalue weighted by Crippen LogP contribution is 2.32. The van der Waals surface area contributed by atoms with Gasteiger partial charge in [-0.05, 0) is 55.3 Å². The second kappa shape index (κ2) is 4.71. The lowest BCUT2D eigenvalue weighted by atomic mass is 9.81. The Labute approximate surface area is 116 Å². The van der Waals surface area contributed by atoms with Crippen LogP contribution in [-0.2, 0) is 10.2 Å². The summed E-state index contributed by atoms with van der Waals surface area (Å²) in [6.07, 6.45) is 2.48. The maximum absolute atomic E-state index is 13.0. The average molecular weight is 270 g/mol. The van der Waals surface area contributed by atoms with Gasteiger partial charge >= 0.3 is 0 Å². The highest BCUT2D eigenvalue weighted by atomic mass is 19.1. The van der Waals surface area contributed by atoms with Crippen LogP contribution in [0.2, 0.25) is 0 Å². The Kier molecular flexibility index (Phi) is 3.01. The zero-order valence-corrected chi connectivity index (χ0v) is 11.2. The third-order valence-corrected chi connectivity index (χ3v) is 3.95. The lowest BCUT2D eigenvalue weighted by Crippen LogP contribution is -2.32. The fourth-order valence-electron chi connectivity index (χ4n) is 2.56. The molecule has 2 heterocycles. The van der Waals surface area contributed by atoms with Crippen LogP contribution < -0.4 is 5.32 Å². The lowest BCUT2D eigenvalue weighted by molar-refractivity contribution is -0.123. The van der Waals surface area contributed by atoms with Crippen molar-refractivity contribution in [3.63, 3.8) is 0 Å². The molecule has 1 aliphatic rings. The largest absolute Gasteiger partial charge is 0.355 e. The van der Waals surface area contributed by atoms with E-state index in [2.05, 4.69) is 10.3 Å². The van der Waals surface area contributed by atoms with Crippen LogP contribution >= 0.6 is 0 Å². The molecule has 4 heteroatoms. The van der Waals surface area contributed by atoms with Gasteiger partial charge in [0, 0.05) is 18.3 Å². The van der Waals surface area contributed by atoms with Gasteiger partial charge in [-0.2, -0.15) is 0 Å². The van der Waals surface area contributed by atoms with Gasteiger partial charge in [-0.1, -0.05) is 0 Å². The Hall–Kier alpha value is -2.23. The summed E-state index contributed by atoms with van der Waals surface area (Å²) < 4.78 is 13.0. The second-order valence-electron chi connectivity index (χ2n) is 5.27. The summed E-state index contributed by atoms with van der Waals surface area (Å²) in [7, 11) is 0. The third kappa shape index (κ3) is 2.07. The average Bonchev–Trinajstić information content (AvgIpc) is 2.81. The number of hydrogen-bond acceptors (Lipinski definition) is 2. The number of benzene rings is 1. The minimum Gasteiger partial charge on any atom is -0.355 e. The van der Waals surface area contributed by atoms with Crippen molar-refractivity contribution in [2.75, 3.05) is 6.54 Å². The summed E-state index contributed by atoms with van der Waals surface area (Å²) in [5.74, 6) is -0.221. The van der Waals surface area contributed by atoms with Gasteiger partial charge in [0.15, 0.2) is 0 Å². The molecule has 20 heavy (non-hydrogen) atoms. The number of carbonyl (C=O) groups is 1. The van der Waals surface area contributed by atoms with Crippen LogP contribution in [-0.4, -0.2) is 17.4 Å². The SMILES string of the molecule is CC1(c2ccnc(-c3ccc(F)cc3)c2)CCNC1=O. The van der Waals surface area contributed by atoms with Gasteiger partial charge in [0.2, 0.25) is 5.91 Å². The first-order chi connectivity index (χ1) is 9.59. The van der Waals surface area contributed by atoms with Crippen molar-refractivity contribution >= 4 is 5.91 Å². The van der Waals surface area contributed by atoms with E-state index in [-0.39, 0.29) is 11.7 Å². The number of halogens is 1. The minimum atomic E-state index is -0.502. The Bertz CT molecular complexity index is 654. The van der Waals surface area contributed by atoms with Crippen molar-refractivity contribution in [3.8, 4) is 11.3 Å². The van der Waals surface area contributed by atoms with Crippen LogP contribution in [0.3, 0.4) is 0 Å². The van der Waals surface area contributed by atoms with Gasteiger partial charge in [0.05, 0.1) is 11.1 Å². The molecular weight excluding hydrogens is 255 g/mol. The van der Waals surface area contributed by atoms with Gasteiger partial charge in [0.1, 0.15) is 5.82 Å². The Morgan fingerprint density at radius 1 is 1.25 bits per heavy atom. The molecule has 0 radical (unpaired) electrons. The van der Waals surface area contributed by atoms with E-state index in [4.69, 9.17) is 0 Å². The quantitative estimate of drug-likeness (QED) is 0.911. The molecule has 3 nitrogen and oxygen atoms in total. The Balaban J connectivity index is 2.02. The van der Waals surface area contributed by atoms with E-state index in [0.717, 1.165) is 23.2 Å². The van der Waals surface area contributed by atoms with Crippen molar-refractivity contribution in [2.24, 2.45) is 0 Å². The van der Waals surface area contributed by atoms with Crippen LogP contribution in [0.4, 0.5) is 4.39 Å². The number of pyridine rings is 1. The smallest absolute Gasteiger partial charge is 0.230 e. The molecule has 1 fully saturated rings. The number of aromatic nitrogens is 1. The van der Waals surface area contributed by atoms with Crippen molar-refractivity contribution in [2.45, 2.75) is 18.8 Å². The molecule has 1 aliphatic heterocycles. The summed E-state index contributed by atoms with van der Waals surface area (Å²) in [6.45, 7) is 2.64. The molecule has 1 aromatic carbocycles. The van der Waals surface area contributed by atoms with Crippen LogP contribution in [0, 0.1) is 5.82 Å². The number of nitrogens with one attached hydrogen (secondary N) is 1. The summed E-state index contributed by atoms with van der Waals surface area (Å²) in [4.78, 5) is 16.3. The molecule has 3 rings (SSSR count). The van der Waals surface area contributed by atoms with E-state index in [1.807, 2.05) is 19.1 Å². The van der Waals surface area contributed by atoms with Crippen LogP contribution in [0.15, 0.2) is 42.6 Å². The van der Waals surface area contributed by atoms with Crippen LogP contribution in [0.1, 0.15) is 18.9 Å². The Morgan fingerprint density at radius 2 is 2.00 bits per heavy atom. The molecule has 1 atom stereocenters. The Morgan fingerprint density at radius 3 is 2.65 bits per heavy atom. The van der Waals surface area contributed by atoms with Gasteiger partial charge in [-0.3, -0.25) is 9.78 Å². The second-order valence-corrected chi connectivity index (χ2v) is 5.27. The predicted molar refractivity (Wildman–Crippen MR) is 74.6 cm³/mol. The summed E-state index contributed by atoms with van der Waals surface area (Å²) in [5, 5.41) is 2.87. The fraction of sp³-hybridized carbons (Fsp3) is 0.250. The predicted octanol–water partition coefficient (Wildman–Crippen LogP) is 2.67. The highest BCUT2D eigenvalue weighted by molar-refractivity contribution is 5.90. The van der Waals surface area contributed by atoms with E-state index in [1.54, 1.807) is 18.3 Å². The molecule has 0 bridgehead atoms. The molecule has 1 amide bonds. The van der Waals surface area contributed by atoms with E-state index >= 15 is 0 Å². The third-order valence-electron chi connectivity index (χ3n) is 3.95. The summed E-state index contributed by atoms with van der Waals surface area (Å²) in [6, 6.07) is 9.99. The lowest BCUT2D eigenvalue weighted by Gasteiger charge is -2.21. The maximum atomic E-state index is 13.0. The van der Waals surface area contributed by atoms with Crippen LogP contribution in [0.25, 0.3) is 11.3 Å². The first kappa shape index (κ1) is 12.8. The van der Waals surface area contributed by atoms with Gasteiger partial charge in [0.25, 0.3) is 0 Å².